The number of rotatable bonds is 8. The number of methoxy groups -OCH3 is 1. The van der Waals surface area contributed by atoms with Crippen LogP contribution in [0.5, 0.6) is 0 Å². The molecule has 20 heavy (non-hydrogen) atoms. The first-order chi connectivity index (χ1) is 9.58. The number of carbonyl (C=O) groups is 1. The Kier molecular flexibility index (Phi) is 7.13. The van der Waals surface area contributed by atoms with Crippen LogP contribution in [0.3, 0.4) is 0 Å². The van der Waals surface area contributed by atoms with Gasteiger partial charge in [0.2, 0.25) is 0 Å². The summed E-state index contributed by atoms with van der Waals surface area (Å²) in [5, 5.41) is 3.43. The number of esters is 1. The number of aryl methyl sites for hydroxylation is 1. The first-order valence-corrected chi connectivity index (χ1v) is 7.54. The van der Waals surface area contributed by atoms with Crippen LogP contribution in [0.25, 0.3) is 0 Å². The van der Waals surface area contributed by atoms with Gasteiger partial charge in [0, 0.05) is 11.7 Å². The van der Waals surface area contributed by atoms with Crippen LogP contribution in [0.2, 0.25) is 0 Å². The van der Waals surface area contributed by atoms with Crippen LogP contribution in [0.1, 0.15) is 61.9 Å². The van der Waals surface area contributed by atoms with Crippen molar-refractivity contribution in [3.8, 4) is 0 Å². The highest BCUT2D eigenvalue weighted by Gasteiger charge is 2.13. The summed E-state index contributed by atoms with van der Waals surface area (Å²) in [5.41, 5.74) is 2.55. The average Bonchev–Trinajstić information content (AvgIpc) is 2.44. The Labute approximate surface area is 122 Å². The third-order valence-corrected chi connectivity index (χ3v) is 3.47. The van der Waals surface area contributed by atoms with Gasteiger partial charge in [0.1, 0.15) is 0 Å². The molecule has 0 radical (unpaired) electrons. The van der Waals surface area contributed by atoms with Crippen molar-refractivity contribution in [1.82, 2.24) is 0 Å². The predicted octanol–water partition coefficient (Wildman–Crippen LogP) is 4.55. The Morgan fingerprint density at radius 1 is 1.30 bits per heavy atom. The monoisotopic (exact) mass is 277 g/mol. The Morgan fingerprint density at radius 3 is 2.70 bits per heavy atom. The highest BCUT2D eigenvalue weighted by atomic mass is 16.5. The molecule has 0 amide bonds. The quantitative estimate of drug-likeness (QED) is 0.559. The number of hydrogen-bond donors (Lipinski definition) is 1. The molecule has 3 heteroatoms. The van der Waals surface area contributed by atoms with Crippen molar-refractivity contribution in [2.24, 2.45) is 0 Å². The SMILES string of the molecule is CCCCCCC(C)Nc1ccc(C)cc1C(=O)OC. The highest BCUT2D eigenvalue weighted by Crippen LogP contribution is 2.20. The number of carbonyl (C=O) groups excluding carboxylic acids is 1. The molecular formula is C17H27NO2. The lowest BCUT2D eigenvalue weighted by Gasteiger charge is -2.17. The molecule has 0 aliphatic carbocycles. The minimum absolute atomic E-state index is 0.283. The van der Waals surface area contributed by atoms with E-state index in [0.29, 0.717) is 11.6 Å². The Hall–Kier alpha value is -1.51. The molecule has 0 fully saturated rings. The summed E-state index contributed by atoms with van der Waals surface area (Å²) in [6, 6.07) is 6.21. The molecule has 1 N–H and O–H groups in total. The maximum atomic E-state index is 11.8. The number of hydrogen-bond acceptors (Lipinski definition) is 3. The molecule has 0 saturated carbocycles. The first-order valence-electron chi connectivity index (χ1n) is 7.54. The van der Waals surface area contributed by atoms with Gasteiger partial charge in [-0.25, -0.2) is 4.79 Å². The molecule has 1 atom stereocenters. The lowest BCUT2D eigenvalue weighted by molar-refractivity contribution is 0.0601. The van der Waals surface area contributed by atoms with E-state index >= 15 is 0 Å². The van der Waals surface area contributed by atoms with Crippen molar-refractivity contribution in [2.45, 2.75) is 58.9 Å². The number of nitrogens with one attached hydrogen (secondary N) is 1. The second kappa shape index (κ2) is 8.62. The molecule has 0 heterocycles. The number of anilines is 1. The lowest BCUT2D eigenvalue weighted by atomic mass is 10.1. The van der Waals surface area contributed by atoms with Gasteiger partial charge in [-0.3, -0.25) is 0 Å². The van der Waals surface area contributed by atoms with Crippen molar-refractivity contribution >= 4 is 11.7 Å². The van der Waals surface area contributed by atoms with Gasteiger partial charge in [-0.05, 0) is 32.4 Å². The lowest BCUT2D eigenvalue weighted by Crippen LogP contribution is -2.17. The zero-order chi connectivity index (χ0) is 15.0. The van der Waals surface area contributed by atoms with Gasteiger partial charge in [-0.2, -0.15) is 0 Å². The van der Waals surface area contributed by atoms with Gasteiger partial charge in [0.05, 0.1) is 12.7 Å². The molecule has 1 aromatic carbocycles. The van der Waals surface area contributed by atoms with E-state index in [0.717, 1.165) is 17.7 Å². The van der Waals surface area contributed by atoms with Gasteiger partial charge in [0.15, 0.2) is 0 Å². The van der Waals surface area contributed by atoms with Crippen LogP contribution in [-0.4, -0.2) is 19.1 Å². The van der Waals surface area contributed by atoms with Gasteiger partial charge in [0.25, 0.3) is 0 Å². The molecule has 1 rings (SSSR count). The molecule has 3 nitrogen and oxygen atoms in total. The summed E-state index contributed by atoms with van der Waals surface area (Å²) < 4.78 is 4.85. The van der Waals surface area contributed by atoms with E-state index in [1.165, 1.54) is 32.8 Å². The molecule has 112 valence electrons. The zero-order valence-corrected chi connectivity index (χ0v) is 13.2. The molecule has 1 unspecified atom stereocenters. The molecule has 0 spiro atoms. The molecule has 1 aromatic rings. The highest BCUT2D eigenvalue weighted by molar-refractivity contribution is 5.95. The van der Waals surface area contributed by atoms with Gasteiger partial charge >= 0.3 is 5.97 Å². The molecule has 0 bridgehead atoms. The van der Waals surface area contributed by atoms with Crippen LogP contribution in [0.15, 0.2) is 18.2 Å². The Balaban J connectivity index is 2.64. The number of unbranched alkanes of at least 4 members (excludes halogenated alkanes) is 3. The van der Waals surface area contributed by atoms with Crippen LogP contribution >= 0.6 is 0 Å². The Bertz CT molecular complexity index is 429. The second-order valence-corrected chi connectivity index (χ2v) is 5.44. The van der Waals surface area contributed by atoms with Crippen LogP contribution in [0, 0.1) is 6.92 Å². The summed E-state index contributed by atoms with van der Waals surface area (Å²) in [6.45, 7) is 6.36. The molecule has 0 aromatic heterocycles. The number of benzene rings is 1. The third-order valence-electron chi connectivity index (χ3n) is 3.47. The third kappa shape index (κ3) is 5.24. The van der Waals surface area contributed by atoms with Crippen molar-refractivity contribution in [3.05, 3.63) is 29.3 Å². The number of ether oxygens (including phenoxy) is 1. The predicted molar refractivity (Wildman–Crippen MR) is 84.4 cm³/mol. The minimum Gasteiger partial charge on any atom is -0.465 e. The largest absolute Gasteiger partial charge is 0.465 e. The maximum Gasteiger partial charge on any atom is 0.339 e. The van der Waals surface area contributed by atoms with E-state index in [1.54, 1.807) is 0 Å². The second-order valence-electron chi connectivity index (χ2n) is 5.44. The smallest absolute Gasteiger partial charge is 0.339 e. The fourth-order valence-corrected chi connectivity index (χ4v) is 2.28. The first kappa shape index (κ1) is 16.5. The summed E-state index contributed by atoms with van der Waals surface area (Å²) in [5.74, 6) is -0.283. The normalized spacial score (nSPS) is 12.0. The zero-order valence-electron chi connectivity index (χ0n) is 13.2. The average molecular weight is 277 g/mol. The fraction of sp³-hybridized carbons (Fsp3) is 0.588. The molecule has 0 aliphatic heterocycles. The van der Waals surface area contributed by atoms with Gasteiger partial charge in [-0.15, -0.1) is 0 Å². The van der Waals surface area contributed by atoms with Crippen LogP contribution in [-0.2, 0) is 4.74 Å². The maximum absolute atomic E-state index is 11.8. The van der Waals surface area contributed by atoms with E-state index in [2.05, 4.69) is 19.2 Å². The van der Waals surface area contributed by atoms with Crippen molar-refractivity contribution in [1.29, 1.82) is 0 Å². The van der Waals surface area contributed by atoms with Crippen molar-refractivity contribution in [3.63, 3.8) is 0 Å². The van der Waals surface area contributed by atoms with E-state index in [-0.39, 0.29) is 5.97 Å². The van der Waals surface area contributed by atoms with Crippen molar-refractivity contribution in [2.75, 3.05) is 12.4 Å². The summed E-state index contributed by atoms with van der Waals surface area (Å²) in [4.78, 5) is 11.8. The summed E-state index contributed by atoms with van der Waals surface area (Å²) >= 11 is 0. The van der Waals surface area contributed by atoms with Gasteiger partial charge < -0.3 is 10.1 Å². The molecular weight excluding hydrogens is 250 g/mol. The van der Waals surface area contributed by atoms with Gasteiger partial charge in [-0.1, -0.05) is 44.2 Å². The fourth-order valence-electron chi connectivity index (χ4n) is 2.28. The molecule has 0 aliphatic rings. The van der Waals surface area contributed by atoms with E-state index < -0.39 is 0 Å². The minimum atomic E-state index is -0.283. The molecule has 0 saturated heterocycles. The Morgan fingerprint density at radius 2 is 2.05 bits per heavy atom. The van der Waals surface area contributed by atoms with Crippen LogP contribution in [0.4, 0.5) is 5.69 Å². The van der Waals surface area contributed by atoms with E-state index in [1.807, 2.05) is 25.1 Å². The standard InChI is InChI=1S/C17H27NO2/c1-5-6-7-8-9-14(3)18-16-11-10-13(2)12-15(16)17(19)20-4/h10-12,14,18H,5-9H2,1-4H3. The topological polar surface area (TPSA) is 38.3 Å². The summed E-state index contributed by atoms with van der Waals surface area (Å²) in [6.07, 6.45) is 6.17. The van der Waals surface area contributed by atoms with E-state index in [9.17, 15) is 4.79 Å². The van der Waals surface area contributed by atoms with E-state index in [4.69, 9.17) is 4.74 Å². The van der Waals surface area contributed by atoms with Crippen LogP contribution < -0.4 is 5.32 Å². The van der Waals surface area contributed by atoms with Crippen molar-refractivity contribution < 1.29 is 9.53 Å². The summed E-state index contributed by atoms with van der Waals surface area (Å²) in [7, 11) is 1.42.